The van der Waals surface area contributed by atoms with Crippen LogP contribution in [0.25, 0.3) is 0 Å². The average Bonchev–Trinajstić information content (AvgIpc) is 2.75. The van der Waals surface area contributed by atoms with Crippen LogP contribution < -0.4 is 0 Å². The standard InChI is InChI=1S/C12H22O11/c13-1-5-7(16)8(17)10(19,4-22-5)12(21)6(2-14)23-11(20,3-15)9(12)18/h5-9,13-21H,1-4H2/t5-,6-,7+,8+,9-,10-,11+,12-/m1/s1. The highest BCUT2D eigenvalue weighted by molar-refractivity contribution is 5.21. The molecule has 9 N–H and O–H groups in total. The van der Waals surface area contributed by atoms with E-state index in [9.17, 15) is 35.7 Å². The lowest BCUT2D eigenvalue weighted by atomic mass is 9.69. The van der Waals surface area contributed by atoms with E-state index in [2.05, 4.69) is 0 Å². The molecular weight excluding hydrogens is 320 g/mol. The number of ether oxygens (including phenoxy) is 2. The molecule has 0 unspecified atom stereocenters. The van der Waals surface area contributed by atoms with Gasteiger partial charge < -0.3 is 55.4 Å². The Labute approximate surface area is 130 Å². The Bertz CT molecular complexity index is 435. The van der Waals surface area contributed by atoms with E-state index in [1.165, 1.54) is 0 Å². The van der Waals surface area contributed by atoms with Crippen LogP contribution in [0.15, 0.2) is 0 Å². The second-order valence-electron chi connectivity index (χ2n) is 5.91. The Hall–Kier alpha value is -0.440. The van der Waals surface area contributed by atoms with Crippen LogP contribution in [-0.4, -0.2) is 120 Å². The summed E-state index contributed by atoms with van der Waals surface area (Å²) in [5.74, 6) is -2.71. The van der Waals surface area contributed by atoms with Crippen molar-refractivity contribution in [3.05, 3.63) is 0 Å². The SMILES string of the molecule is OC[C@H]1OC[C@](O)([C@@]2(O)[C@@H](CO)O[C@@](O)(CO)[C@H]2O)[C@@H](O)[C@H]1O. The summed E-state index contributed by atoms with van der Waals surface area (Å²) in [5, 5.41) is 89.1. The van der Waals surface area contributed by atoms with Gasteiger partial charge >= 0.3 is 0 Å². The van der Waals surface area contributed by atoms with Gasteiger partial charge in [0, 0.05) is 0 Å². The molecule has 0 aromatic rings. The monoisotopic (exact) mass is 342 g/mol. The van der Waals surface area contributed by atoms with Gasteiger partial charge in [-0.3, -0.25) is 0 Å². The van der Waals surface area contributed by atoms with Crippen LogP contribution in [0.5, 0.6) is 0 Å². The first-order chi connectivity index (χ1) is 10.6. The van der Waals surface area contributed by atoms with Gasteiger partial charge in [0.05, 0.1) is 26.4 Å². The second-order valence-corrected chi connectivity index (χ2v) is 5.91. The fourth-order valence-corrected chi connectivity index (χ4v) is 3.15. The van der Waals surface area contributed by atoms with E-state index in [0.717, 1.165) is 0 Å². The third-order valence-electron chi connectivity index (χ3n) is 4.66. The van der Waals surface area contributed by atoms with Gasteiger partial charge in [-0.25, -0.2) is 0 Å². The van der Waals surface area contributed by atoms with Gasteiger partial charge in [0.2, 0.25) is 5.79 Å². The summed E-state index contributed by atoms with van der Waals surface area (Å²) in [4.78, 5) is 0. The van der Waals surface area contributed by atoms with Crippen molar-refractivity contribution >= 4 is 0 Å². The van der Waals surface area contributed by atoms with Crippen molar-refractivity contribution in [3.8, 4) is 0 Å². The number of aliphatic hydroxyl groups is 9. The van der Waals surface area contributed by atoms with E-state index in [1.807, 2.05) is 0 Å². The number of rotatable bonds is 4. The van der Waals surface area contributed by atoms with Crippen LogP contribution in [0.1, 0.15) is 0 Å². The number of hydrogen-bond donors (Lipinski definition) is 9. The lowest BCUT2D eigenvalue weighted by molar-refractivity contribution is -0.317. The molecule has 0 aromatic heterocycles. The molecule has 0 aromatic carbocycles. The fraction of sp³-hybridized carbons (Fsp3) is 1.00. The van der Waals surface area contributed by atoms with Crippen LogP contribution in [-0.2, 0) is 9.47 Å². The van der Waals surface area contributed by atoms with Crippen molar-refractivity contribution in [1.82, 2.24) is 0 Å². The third kappa shape index (κ3) is 2.41. The highest BCUT2D eigenvalue weighted by atomic mass is 16.7. The van der Waals surface area contributed by atoms with E-state index >= 15 is 0 Å². The molecule has 0 bridgehead atoms. The first-order valence-corrected chi connectivity index (χ1v) is 6.95. The maximum absolute atomic E-state index is 10.7. The highest BCUT2D eigenvalue weighted by Crippen LogP contribution is 2.46. The minimum atomic E-state index is -2.89. The lowest BCUT2D eigenvalue weighted by Gasteiger charge is -2.51. The predicted molar refractivity (Wildman–Crippen MR) is 68.7 cm³/mol. The van der Waals surface area contributed by atoms with Crippen molar-refractivity contribution < 1.29 is 55.4 Å². The van der Waals surface area contributed by atoms with Gasteiger partial charge in [0.15, 0.2) is 11.2 Å². The van der Waals surface area contributed by atoms with Crippen LogP contribution in [0.4, 0.5) is 0 Å². The summed E-state index contributed by atoms with van der Waals surface area (Å²) in [6.45, 7) is -3.71. The minimum absolute atomic E-state index is 0.685. The van der Waals surface area contributed by atoms with E-state index in [-0.39, 0.29) is 0 Å². The van der Waals surface area contributed by atoms with E-state index in [0.29, 0.717) is 0 Å². The molecule has 2 fully saturated rings. The molecule has 0 radical (unpaired) electrons. The number of hydrogen-bond acceptors (Lipinski definition) is 11. The molecule has 0 spiro atoms. The maximum atomic E-state index is 10.7. The van der Waals surface area contributed by atoms with Gasteiger partial charge in [-0.15, -0.1) is 0 Å². The van der Waals surface area contributed by atoms with Crippen molar-refractivity contribution in [2.45, 2.75) is 47.5 Å². The first-order valence-electron chi connectivity index (χ1n) is 6.95. The average molecular weight is 342 g/mol. The fourth-order valence-electron chi connectivity index (χ4n) is 3.15. The molecular formula is C12H22O11. The zero-order valence-electron chi connectivity index (χ0n) is 12.1. The molecule has 2 aliphatic rings. The summed E-state index contributed by atoms with van der Waals surface area (Å²) in [6.07, 6.45) is -9.37. The van der Waals surface area contributed by atoms with Gasteiger partial charge in [-0.1, -0.05) is 0 Å². The Morgan fingerprint density at radius 1 is 0.957 bits per heavy atom. The summed E-state index contributed by atoms with van der Waals surface area (Å²) >= 11 is 0. The lowest BCUT2D eigenvalue weighted by Crippen LogP contribution is -2.77. The second kappa shape index (κ2) is 6.13. The first kappa shape index (κ1) is 18.9. The maximum Gasteiger partial charge on any atom is 0.219 e. The normalized spacial score (nSPS) is 54.4. The zero-order valence-corrected chi connectivity index (χ0v) is 12.1. The quantitative estimate of drug-likeness (QED) is 0.235. The molecule has 0 aliphatic carbocycles. The van der Waals surface area contributed by atoms with Crippen LogP contribution in [0.2, 0.25) is 0 Å². The Kier molecular flexibility index (Phi) is 5.03. The topological polar surface area (TPSA) is 201 Å². The van der Waals surface area contributed by atoms with E-state index in [1.54, 1.807) is 0 Å². The summed E-state index contributed by atoms with van der Waals surface area (Å²) in [7, 11) is 0. The van der Waals surface area contributed by atoms with Gasteiger partial charge in [0.25, 0.3) is 0 Å². The van der Waals surface area contributed by atoms with Crippen LogP contribution in [0.3, 0.4) is 0 Å². The molecule has 11 heteroatoms. The van der Waals surface area contributed by atoms with Crippen LogP contribution in [0, 0.1) is 0 Å². The molecule has 0 amide bonds. The van der Waals surface area contributed by atoms with E-state index < -0.39 is 73.9 Å². The Morgan fingerprint density at radius 2 is 1.57 bits per heavy atom. The van der Waals surface area contributed by atoms with E-state index in [4.69, 9.17) is 19.7 Å². The number of aliphatic hydroxyl groups excluding tert-OH is 6. The summed E-state index contributed by atoms with van der Waals surface area (Å²) < 4.78 is 9.81. The smallest absolute Gasteiger partial charge is 0.219 e. The molecule has 11 nitrogen and oxygen atoms in total. The predicted octanol–water partition coefficient (Wildman–Crippen LogP) is -6.01. The highest BCUT2D eigenvalue weighted by Gasteiger charge is 2.74. The van der Waals surface area contributed by atoms with Crippen LogP contribution >= 0.6 is 0 Å². The third-order valence-corrected chi connectivity index (χ3v) is 4.66. The Balaban J connectivity index is 2.44. The summed E-state index contributed by atoms with van der Waals surface area (Å²) in [6, 6.07) is 0. The van der Waals surface area contributed by atoms with Crippen molar-refractivity contribution in [1.29, 1.82) is 0 Å². The van der Waals surface area contributed by atoms with Crippen molar-refractivity contribution in [2.75, 3.05) is 26.4 Å². The molecule has 2 heterocycles. The molecule has 2 aliphatic heterocycles. The summed E-state index contributed by atoms with van der Waals surface area (Å²) in [5.41, 5.74) is -5.66. The molecule has 8 atom stereocenters. The minimum Gasteiger partial charge on any atom is -0.394 e. The van der Waals surface area contributed by atoms with Gasteiger partial charge in [-0.2, -0.15) is 0 Å². The largest absolute Gasteiger partial charge is 0.394 e. The van der Waals surface area contributed by atoms with Crippen molar-refractivity contribution in [2.24, 2.45) is 0 Å². The van der Waals surface area contributed by atoms with Gasteiger partial charge in [-0.05, 0) is 0 Å². The molecule has 136 valence electrons. The Morgan fingerprint density at radius 3 is 2.04 bits per heavy atom. The molecule has 0 saturated carbocycles. The van der Waals surface area contributed by atoms with Gasteiger partial charge in [0.1, 0.15) is 30.5 Å². The molecule has 2 rings (SSSR count). The van der Waals surface area contributed by atoms with Crippen molar-refractivity contribution in [3.63, 3.8) is 0 Å². The molecule has 23 heavy (non-hydrogen) atoms. The zero-order chi connectivity index (χ0) is 17.6. The molecule has 2 saturated heterocycles.